The van der Waals surface area contributed by atoms with Crippen molar-refractivity contribution >= 4 is 22.9 Å². The van der Waals surface area contributed by atoms with Crippen LogP contribution in [0.5, 0.6) is 0 Å². The zero-order chi connectivity index (χ0) is 10.7. The normalized spacial score (nSPS) is 10.2. The van der Waals surface area contributed by atoms with Gasteiger partial charge in [-0.25, -0.2) is 0 Å². The molecular formula is C13H12NO. The van der Waals surface area contributed by atoms with Crippen LogP contribution in [0.1, 0.15) is 6.92 Å². The lowest BCUT2D eigenvalue weighted by atomic mass is 10.1. The van der Waals surface area contributed by atoms with Crippen LogP contribution in [0, 0.1) is 0 Å². The molecule has 0 bridgehead atoms. The van der Waals surface area contributed by atoms with Gasteiger partial charge < -0.3 is 4.90 Å². The average Bonchev–Trinajstić information content (AvgIpc) is 2.31. The maximum absolute atomic E-state index is 10.8. The van der Waals surface area contributed by atoms with Crippen molar-refractivity contribution in [2.75, 3.05) is 11.4 Å². The fourth-order valence-corrected chi connectivity index (χ4v) is 1.73. The number of anilines is 1. The Morgan fingerprint density at radius 1 is 1.13 bits per heavy atom. The van der Waals surface area contributed by atoms with Crippen molar-refractivity contribution in [3.05, 3.63) is 42.5 Å². The maximum Gasteiger partial charge on any atom is 0.316 e. The first-order chi connectivity index (χ1) is 7.36. The van der Waals surface area contributed by atoms with Crippen LogP contribution >= 0.6 is 0 Å². The second-order valence-corrected chi connectivity index (χ2v) is 3.33. The summed E-state index contributed by atoms with van der Waals surface area (Å²) >= 11 is 0. The molecule has 1 amide bonds. The number of carbonyl (C=O) groups excluding carboxylic acids is 1. The molecule has 75 valence electrons. The third-order valence-corrected chi connectivity index (χ3v) is 2.48. The number of hydrogen-bond acceptors (Lipinski definition) is 1. The van der Waals surface area contributed by atoms with E-state index in [-0.39, 0.29) is 0 Å². The molecule has 0 atom stereocenters. The van der Waals surface area contributed by atoms with E-state index >= 15 is 0 Å². The van der Waals surface area contributed by atoms with Gasteiger partial charge in [-0.05, 0) is 18.4 Å². The Bertz CT molecular complexity index is 473. The predicted octanol–water partition coefficient (Wildman–Crippen LogP) is 2.73. The lowest BCUT2D eigenvalue weighted by Gasteiger charge is -2.15. The molecule has 0 spiro atoms. The first kappa shape index (κ1) is 9.71. The minimum absolute atomic E-state index is 0.636. The molecule has 0 aliphatic rings. The van der Waals surface area contributed by atoms with E-state index in [1.807, 2.05) is 55.8 Å². The summed E-state index contributed by atoms with van der Waals surface area (Å²) in [6.45, 7) is 2.57. The van der Waals surface area contributed by atoms with Gasteiger partial charge in [0.1, 0.15) is 0 Å². The molecule has 0 aliphatic carbocycles. The van der Waals surface area contributed by atoms with Gasteiger partial charge in [-0.1, -0.05) is 36.4 Å². The van der Waals surface area contributed by atoms with E-state index in [9.17, 15) is 4.79 Å². The number of hydrogen-bond donors (Lipinski definition) is 0. The van der Waals surface area contributed by atoms with Gasteiger partial charge in [0.05, 0.1) is 5.69 Å². The molecule has 2 heteroatoms. The third-order valence-electron chi connectivity index (χ3n) is 2.48. The second kappa shape index (κ2) is 4.13. The first-order valence-corrected chi connectivity index (χ1v) is 5.00. The Kier molecular flexibility index (Phi) is 2.68. The third kappa shape index (κ3) is 1.71. The number of rotatable bonds is 3. The van der Waals surface area contributed by atoms with Crippen molar-refractivity contribution in [2.24, 2.45) is 0 Å². The van der Waals surface area contributed by atoms with Gasteiger partial charge >= 0.3 is 6.41 Å². The molecule has 2 aromatic rings. The van der Waals surface area contributed by atoms with Crippen molar-refractivity contribution in [1.82, 2.24) is 0 Å². The largest absolute Gasteiger partial charge is 0.316 e. The molecule has 1 radical (unpaired) electrons. The van der Waals surface area contributed by atoms with E-state index in [0.29, 0.717) is 6.54 Å². The summed E-state index contributed by atoms with van der Waals surface area (Å²) in [6, 6.07) is 14.0. The fourth-order valence-electron chi connectivity index (χ4n) is 1.73. The summed E-state index contributed by atoms with van der Waals surface area (Å²) in [5.74, 6) is 0. The minimum Gasteiger partial charge on any atom is -0.304 e. The van der Waals surface area contributed by atoms with Gasteiger partial charge in [-0.3, -0.25) is 4.79 Å². The smallest absolute Gasteiger partial charge is 0.304 e. The van der Waals surface area contributed by atoms with Crippen LogP contribution in [0.15, 0.2) is 42.5 Å². The number of fused-ring (bicyclic) bond motifs is 1. The van der Waals surface area contributed by atoms with Gasteiger partial charge in [-0.15, -0.1) is 0 Å². The minimum atomic E-state index is 0.636. The zero-order valence-corrected chi connectivity index (χ0v) is 8.60. The van der Waals surface area contributed by atoms with Crippen molar-refractivity contribution in [3.8, 4) is 0 Å². The van der Waals surface area contributed by atoms with E-state index in [0.717, 1.165) is 16.5 Å². The summed E-state index contributed by atoms with van der Waals surface area (Å²) in [7, 11) is 0. The Morgan fingerprint density at radius 3 is 2.60 bits per heavy atom. The molecule has 2 aromatic carbocycles. The molecule has 0 fully saturated rings. The van der Waals surface area contributed by atoms with Crippen molar-refractivity contribution in [3.63, 3.8) is 0 Å². The molecular weight excluding hydrogens is 186 g/mol. The highest BCUT2D eigenvalue weighted by Gasteiger charge is 2.06. The first-order valence-electron chi connectivity index (χ1n) is 5.00. The molecule has 0 heterocycles. The Balaban J connectivity index is 2.64. The van der Waals surface area contributed by atoms with E-state index in [2.05, 4.69) is 0 Å². The second-order valence-electron chi connectivity index (χ2n) is 3.33. The fraction of sp³-hybridized carbons (Fsp3) is 0.154. The van der Waals surface area contributed by atoms with Crippen LogP contribution < -0.4 is 4.90 Å². The topological polar surface area (TPSA) is 20.3 Å². The molecule has 0 saturated carbocycles. The molecule has 0 unspecified atom stereocenters. The van der Waals surface area contributed by atoms with Crippen molar-refractivity contribution in [2.45, 2.75) is 6.92 Å². The van der Waals surface area contributed by atoms with Gasteiger partial charge in [0.15, 0.2) is 0 Å². The van der Waals surface area contributed by atoms with Crippen LogP contribution in [-0.2, 0) is 4.79 Å². The summed E-state index contributed by atoms with van der Waals surface area (Å²) < 4.78 is 0. The SMILES string of the molecule is CCN([C]=O)c1cccc2ccccc12. The van der Waals surface area contributed by atoms with E-state index in [4.69, 9.17) is 0 Å². The molecule has 15 heavy (non-hydrogen) atoms. The highest BCUT2D eigenvalue weighted by molar-refractivity contribution is 5.98. The summed E-state index contributed by atoms with van der Waals surface area (Å²) in [4.78, 5) is 12.4. The van der Waals surface area contributed by atoms with Gasteiger partial charge in [0.25, 0.3) is 0 Å². The molecule has 0 saturated heterocycles. The van der Waals surface area contributed by atoms with E-state index < -0.39 is 0 Å². The van der Waals surface area contributed by atoms with Crippen molar-refractivity contribution < 1.29 is 4.79 Å². The molecule has 0 aromatic heterocycles. The van der Waals surface area contributed by atoms with Gasteiger partial charge in [0.2, 0.25) is 0 Å². The molecule has 2 nitrogen and oxygen atoms in total. The molecule has 2 rings (SSSR count). The average molecular weight is 198 g/mol. The summed E-state index contributed by atoms with van der Waals surface area (Å²) in [5, 5.41) is 2.23. The number of amides is 1. The monoisotopic (exact) mass is 198 g/mol. The van der Waals surface area contributed by atoms with E-state index in [1.165, 1.54) is 0 Å². The van der Waals surface area contributed by atoms with Crippen LogP contribution in [0.4, 0.5) is 5.69 Å². The Morgan fingerprint density at radius 2 is 1.87 bits per heavy atom. The van der Waals surface area contributed by atoms with Crippen LogP contribution in [-0.4, -0.2) is 13.0 Å². The predicted molar refractivity (Wildman–Crippen MR) is 62.7 cm³/mol. The highest BCUT2D eigenvalue weighted by atomic mass is 16.1. The standard InChI is InChI=1S/C13H12NO/c1-2-14(10-15)13-9-5-7-11-6-3-4-8-12(11)13/h3-9H,2H2,1H3. The van der Waals surface area contributed by atoms with Crippen LogP contribution in [0.3, 0.4) is 0 Å². The maximum atomic E-state index is 10.8. The molecule has 0 aliphatic heterocycles. The summed E-state index contributed by atoms with van der Waals surface area (Å²) in [5.41, 5.74) is 0.922. The molecule has 0 N–H and O–H groups in total. The lowest BCUT2D eigenvalue weighted by Crippen LogP contribution is -2.20. The quantitative estimate of drug-likeness (QED) is 0.694. The van der Waals surface area contributed by atoms with Crippen LogP contribution in [0.2, 0.25) is 0 Å². The van der Waals surface area contributed by atoms with Gasteiger partial charge in [-0.2, -0.15) is 0 Å². The zero-order valence-electron chi connectivity index (χ0n) is 8.60. The number of nitrogens with zero attached hydrogens (tertiary/aromatic N) is 1. The van der Waals surface area contributed by atoms with Crippen LogP contribution in [0.25, 0.3) is 10.8 Å². The van der Waals surface area contributed by atoms with E-state index in [1.54, 1.807) is 4.90 Å². The Labute approximate surface area is 89.1 Å². The number of benzene rings is 2. The van der Waals surface area contributed by atoms with Crippen molar-refractivity contribution in [1.29, 1.82) is 0 Å². The highest BCUT2D eigenvalue weighted by Crippen LogP contribution is 2.25. The Hall–Kier alpha value is -1.83. The van der Waals surface area contributed by atoms with Gasteiger partial charge in [0, 0.05) is 11.9 Å². The summed E-state index contributed by atoms with van der Waals surface area (Å²) in [6.07, 6.45) is 1.94. The lowest BCUT2D eigenvalue weighted by molar-refractivity contribution is 0.552.